The van der Waals surface area contributed by atoms with E-state index in [1.54, 1.807) is 32.5 Å². The second-order valence-electron chi connectivity index (χ2n) is 7.71. The normalized spacial score (nSPS) is 14.5. The third-order valence-electron chi connectivity index (χ3n) is 5.67. The summed E-state index contributed by atoms with van der Waals surface area (Å²) in [5, 5.41) is 3.51. The van der Waals surface area contributed by atoms with Crippen molar-refractivity contribution in [2.45, 2.75) is 18.8 Å². The van der Waals surface area contributed by atoms with Crippen molar-refractivity contribution in [3.8, 4) is 5.75 Å². The van der Waals surface area contributed by atoms with Gasteiger partial charge in [0.2, 0.25) is 0 Å². The molecule has 1 aromatic carbocycles. The standard InChI is InChI=1S/C23H28N4O4S/c1-27(10-13-29-2)19-14-16(6-9-24-19)22(28)26-23-25-20-18(30-3)5-4-17(21(20)32-23)15-7-11-31-12-8-15/h4-6,9,14-15H,7-8,10-13H2,1-3H3,(H,25,26,28). The summed E-state index contributed by atoms with van der Waals surface area (Å²) < 4.78 is 17.2. The number of rotatable bonds is 8. The van der Waals surface area contributed by atoms with E-state index in [2.05, 4.69) is 16.4 Å². The monoisotopic (exact) mass is 456 g/mol. The lowest BCUT2D eigenvalue weighted by Gasteiger charge is -2.23. The number of nitrogens with zero attached hydrogens (tertiary/aromatic N) is 3. The number of nitrogens with one attached hydrogen (secondary N) is 1. The highest BCUT2D eigenvalue weighted by Gasteiger charge is 2.22. The van der Waals surface area contributed by atoms with Crippen LogP contribution in [0, 0.1) is 0 Å². The van der Waals surface area contributed by atoms with Crippen molar-refractivity contribution in [3.05, 3.63) is 41.6 Å². The number of hydrogen-bond acceptors (Lipinski definition) is 8. The summed E-state index contributed by atoms with van der Waals surface area (Å²) >= 11 is 1.49. The van der Waals surface area contributed by atoms with Crippen molar-refractivity contribution in [1.82, 2.24) is 9.97 Å². The van der Waals surface area contributed by atoms with Crippen LogP contribution in [-0.2, 0) is 9.47 Å². The molecule has 0 unspecified atom stereocenters. The minimum Gasteiger partial charge on any atom is -0.494 e. The lowest BCUT2D eigenvalue weighted by molar-refractivity contribution is 0.0856. The zero-order valence-corrected chi connectivity index (χ0v) is 19.4. The number of likely N-dealkylation sites (N-methyl/N-ethyl adjacent to an activating group) is 1. The third kappa shape index (κ3) is 4.85. The van der Waals surface area contributed by atoms with Gasteiger partial charge in [0.25, 0.3) is 5.91 Å². The Balaban J connectivity index is 1.58. The second kappa shape index (κ2) is 10.2. The Labute approximate surface area is 191 Å². The van der Waals surface area contributed by atoms with Crippen LogP contribution in [0.3, 0.4) is 0 Å². The second-order valence-corrected chi connectivity index (χ2v) is 8.71. The van der Waals surface area contributed by atoms with Gasteiger partial charge in [-0.1, -0.05) is 17.4 Å². The Morgan fingerprint density at radius 1 is 1.28 bits per heavy atom. The van der Waals surface area contributed by atoms with Crippen molar-refractivity contribution in [2.24, 2.45) is 0 Å². The van der Waals surface area contributed by atoms with Gasteiger partial charge in [-0.05, 0) is 42.5 Å². The topological polar surface area (TPSA) is 85.8 Å². The molecule has 3 heterocycles. The lowest BCUT2D eigenvalue weighted by Crippen LogP contribution is -2.23. The van der Waals surface area contributed by atoms with Crippen molar-refractivity contribution < 1.29 is 19.0 Å². The first-order valence-electron chi connectivity index (χ1n) is 10.6. The van der Waals surface area contributed by atoms with E-state index in [9.17, 15) is 4.79 Å². The van der Waals surface area contributed by atoms with Crippen LogP contribution >= 0.6 is 11.3 Å². The molecule has 0 radical (unpaired) electrons. The van der Waals surface area contributed by atoms with Gasteiger partial charge in [0.15, 0.2) is 5.13 Å². The number of amides is 1. The zero-order valence-electron chi connectivity index (χ0n) is 18.6. The number of hydrogen-bond donors (Lipinski definition) is 1. The summed E-state index contributed by atoms with van der Waals surface area (Å²) in [5.74, 6) is 1.62. The maximum Gasteiger partial charge on any atom is 0.257 e. The molecule has 1 N–H and O–H groups in total. The number of fused-ring (bicyclic) bond motifs is 1. The molecule has 3 aromatic rings. The van der Waals surface area contributed by atoms with Gasteiger partial charge < -0.3 is 19.1 Å². The largest absolute Gasteiger partial charge is 0.494 e. The minimum absolute atomic E-state index is 0.223. The summed E-state index contributed by atoms with van der Waals surface area (Å²) in [7, 11) is 5.21. The predicted molar refractivity (Wildman–Crippen MR) is 126 cm³/mol. The van der Waals surface area contributed by atoms with Gasteiger partial charge in [-0.15, -0.1) is 0 Å². The maximum atomic E-state index is 13.0. The van der Waals surface area contributed by atoms with Crippen molar-refractivity contribution >= 4 is 38.4 Å². The fraction of sp³-hybridized carbons (Fsp3) is 0.435. The molecule has 1 aliphatic heterocycles. The average molecular weight is 457 g/mol. The molecule has 8 nitrogen and oxygen atoms in total. The molecule has 1 fully saturated rings. The van der Waals surface area contributed by atoms with E-state index in [1.165, 1.54) is 16.9 Å². The van der Waals surface area contributed by atoms with Crippen LogP contribution in [-0.4, -0.2) is 63.5 Å². The van der Waals surface area contributed by atoms with Crippen LogP contribution in [0.4, 0.5) is 10.9 Å². The van der Waals surface area contributed by atoms with Gasteiger partial charge in [-0.3, -0.25) is 10.1 Å². The molecule has 0 spiro atoms. The lowest BCUT2D eigenvalue weighted by atomic mass is 9.91. The first kappa shape index (κ1) is 22.4. The van der Waals surface area contributed by atoms with Gasteiger partial charge in [-0.25, -0.2) is 9.97 Å². The van der Waals surface area contributed by atoms with Gasteiger partial charge in [0, 0.05) is 45.7 Å². The zero-order chi connectivity index (χ0) is 22.5. The van der Waals surface area contributed by atoms with Crippen molar-refractivity contribution in [3.63, 3.8) is 0 Å². The number of benzene rings is 1. The molecule has 1 amide bonds. The summed E-state index contributed by atoms with van der Waals surface area (Å²) in [6.45, 7) is 2.80. The molecule has 170 valence electrons. The summed E-state index contributed by atoms with van der Waals surface area (Å²) in [5.41, 5.74) is 2.55. The number of pyridine rings is 1. The van der Waals surface area contributed by atoms with E-state index in [0.717, 1.165) is 36.3 Å². The molecule has 2 aromatic heterocycles. The molecule has 4 rings (SSSR count). The van der Waals surface area contributed by atoms with E-state index >= 15 is 0 Å². The number of carbonyl (C=O) groups excluding carboxylic acids is 1. The van der Waals surface area contributed by atoms with Crippen molar-refractivity contribution in [2.75, 3.05) is 57.8 Å². The number of carbonyl (C=O) groups is 1. The average Bonchev–Trinajstić information content (AvgIpc) is 3.26. The Morgan fingerprint density at radius 3 is 2.84 bits per heavy atom. The van der Waals surface area contributed by atoms with Gasteiger partial charge >= 0.3 is 0 Å². The van der Waals surface area contributed by atoms with Crippen LogP contribution in [0.2, 0.25) is 0 Å². The van der Waals surface area contributed by atoms with E-state index in [-0.39, 0.29) is 5.91 Å². The highest BCUT2D eigenvalue weighted by atomic mass is 32.1. The molecule has 1 saturated heterocycles. The molecule has 1 aliphatic rings. The summed E-state index contributed by atoms with van der Waals surface area (Å²) in [6.07, 6.45) is 3.60. The first-order chi connectivity index (χ1) is 15.6. The third-order valence-corrected chi connectivity index (χ3v) is 6.69. The van der Waals surface area contributed by atoms with E-state index < -0.39 is 0 Å². The predicted octanol–water partition coefficient (Wildman–Crippen LogP) is 3.93. The van der Waals surface area contributed by atoms with Crippen LogP contribution in [0.15, 0.2) is 30.5 Å². The highest BCUT2D eigenvalue weighted by Crippen LogP contribution is 2.40. The summed E-state index contributed by atoms with van der Waals surface area (Å²) in [4.78, 5) is 23.9. The minimum atomic E-state index is -0.223. The van der Waals surface area contributed by atoms with Gasteiger partial charge in [-0.2, -0.15) is 0 Å². The van der Waals surface area contributed by atoms with Gasteiger partial charge in [0.05, 0.1) is 18.4 Å². The molecule has 0 atom stereocenters. The smallest absolute Gasteiger partial charge is 0.257 e. The Kier molecular flexibility index (Phi) is 7.19. The number of aromatic nitrogens is 2. The SMILES string of the molecule is COCCN(C)c1cc(C(=O)Nc2nc3c(OC)ccc(C4CCOCC4)c3s2)ccn1. The fourth-order valence-corrected chi connectivity index (χ4v) is 4.90. The molecular formula is C23H28N4O4S. The Bertz CT molecular complexity index is 1080. The number of methoxy groups -OCH3 is 2. The van der Waals surface area contributed by atoms with E-state index in [1.807, 2.05) is 18.0 Å². The highest BCUT2D eigenvalue weighted by molar-refractivity contribution is 7.22. The summed E-state index contributed by atoms with van der Waals surface area (Å²) in [6, 6.07) is 7.55. The number of thiazole rings is 1. The maximum absolute atomic E-state index is 13.0. The van der Waals surface area contributed by atoms with Crippen LogP contribution in [0.5, 0.6) is 5.75 Å². The van der Waals surface area contributed by atoms with E-state index in [4.69, 9.17) is 19.2 Å². The quantitative estimate of drug-likeness (QED) is 0.550. The van der Waals surface area contributed by atoms with E-state index in [0.29, 0.717) is 41.3 Å². The van der Waals surface area contributed by atoms with Crippen molar-refractivity contribution in [1.29, 1.82) is 0 Å². The molecule has 0 saturated carbocycles. The fourth-order valence-electron chi connectivity index (χ4n) is 3.83. The Hall–Kier alpha value is -2.75. The van der Waals surface area contributed by atoms with Gasteiger partial charge in [0.1, 0.15) is 17.1 Å². The van der Waals surface area contributed by atoms with Crippen LogP contribution in [0.1, 0.15) is 34.7 Å². The Morgan fingerprint density at radius 2 is 2.09 bits per heavy atom. The number of anilines is 2. The van der Waals surface area contributed by atoms with Crippen LogP contribution in [0.25, 0.3) is 10.2 Å². The molecule has 0 bridgehead atoms. The first-order valence-corrected chi connectivity index (χ1v) is 11.4. The van der Waals surface area contributed by atoms with Crippen LogP contribution < -0.4 is 15.0 Å². The molecule has 9 heteroatoms. The molecule has 0 aliphatic carbocycles. The number of ether oxygens (including phenoxy) is 3. The molecular weight excluding hydrogens is 428 g/mol. The molecule has 32 heavy (non-hydrogen) atoms.